The maximum atomic E-state index is 12.2. The fourth-order valence-electron chi connectivity index (χ4n) is 2.34. The van der Waals surface area contributed by atoms with Crippen LogP contribution in [0.5, 0.6) is 0 Å². The molecule has 1 fully saturated rings. The second-order valence-electron chi connectivity index (χ2n) is 3.96. The van der Waals surface area contributed by atoms with Crippen molar-refractivity contribution in [2.24, 2.45) is 0 Å². The first kappa shape index (κ1) is 10.0. The number of hydrogen-bond donors (Lipinski definition) is 0. The van der Waals surface area contributed by atoms with Crippen LogP contribution in [0.15, 0.2) is 0 Å². The molecule has 0 saturated carbocycles. The molecule has 12 heavy (non-hydrogen) atoms. The Hall–Kier alpha value is -0.0800. The van der Waals surface area contributed by atoms with Gasteiger partial charge in [0, 0.05) is 12.8 Å². The highest BCUT2D eigenvalue weighted by Gasteiger charge is 2.30. The monoisotopic (exact) mass is 171 g/mol. The number of likely N-dealkylation sites (tertiary alicyclic amines) is 1. The molecule has 2 heteroatoms. The lowest BCUT2D eigenvalue weighted by atomic mass is 10.1. The topological polar surface area (TPSA) is 23.1 Å². The Balaban J connectivity index is 2.50. The summed E-state index contributed by atoms with van der Waals surface area (Å²) in [4.78, 5) is 0. The van der Waals surface area contributed by atoms with Crippen LogP contribution in [0, 0.1) is 5.21 Å². The normalized spacial score (nSPS) is 24.2. The summed E-state index contributed by atoms with van der Waals surface area (Å²) in [7, 11) is 0. The quantitative estimate of drug-likeness (QED) is 0.471. The molecule has 0 amide bonds. The minimum atomic E-state index is 0.115. The van der Waals surface area contributed by atoms with Crippen LogP contribution in [-0.4, -0.2) is 23.8 Å². The van der Waals surface area contributed by atoms with Crippen LogP contribution >= 0.6 is 0 Å². The van der Waals surface area contributed by atoms with E-state index in [0.717, 1.165) is 45.2 Å². The van der Waals surface area contributed by atoms with Crippen LogP contribution in [0.2, 0.25) is 0 Å². The van der Waals surface area contributed by atoms with E-state index < -0.39 is 0 Å². The van der Waals surface area contributed by atoms with Gasteiger partial charge in [-0.15, -0.1) is 0 Å². The summed E-state index contributed by atoms with van der Waals surface area (Å²) in [5.41, 5.74) is 0. The summed E-state index contributed by atoms with van der Waals surface area (Å²) >= 11 is 0. The minimum Gasteiger partial charge on any atom is -0.633 e. The lowest BCUT2D eigenvalue weighted by Crippen LogP contribution is -2.47. The predicted molar refractivity (Wildman–Crippen MR) is 51.6 cm³/mol. The van der Waals surface area contributed by atoms with Gasteiger partial charge in [-0.1, -0.05) is 20.3 Å². The summed E-state index contributed by atoms with van der Waals surface area (Å²) in [6.45, 7) is 6.07. The van der Waals surface area contributed by atoms with Crippen molar-refractivity contribution in [2.75, 3.05) is 13.1 Å². The van der Waals surface area contributed by atoms with Gasteiger partial charge in [0.25, 0.3) is 0 Å². The first-order chi connectivity index (χ1) is 5.73. The Morgan fingerprint density at radius 3 is 2.25 bits per heavy atom. The maximum Gasteiger partial charge on any atom is 0.0884 e. The molecular weight excluding hydrogens is 150 g/mol. The molecule has 1 rings (SSSR count). The van der Waals surface area contributed by atoms with Crippen molar-refractivity contribution in [3.8, 4) is 0 Å². The summed E-state index contributed by atoms with van der Waals surface area (Å²) < 4.78 is 0.115. The Kier molecular flexibility index (Phi) is 3.53. The highest BCUT2D eigenvalue weighted by Crippen LogP contribution is 2.26. The largest absolute Gasteiger partial charge is 0.633 e. The van der Waals surface area contributed by atoms with Gasteiger partial charge in [-0.3, -0.25) is 0 Å². The van der Waals surface area contributed by atoms with Crippen LogP contribution in [0.1, 0.15) is 46.0 Å². The smallest absolute Gasteiger partial charge is 0.0884 e. The van der Waals surface area contributed by atoms with Gasteiger partial charge >= 0.3 is 0 Å². The average Bonchev–Trinajstić information content (AvgIpc) is 2.49. The van der Waals surface area contributed by atoms with Gasteiger partial charge in [0.05, 0.1) is 19.1 Å². The molecule has 1 heterocycles. The van der Waals surface area contributed by atoms with E-state index in [9.17, 15) is 5.21 Å². The third-order valence-corrected chi connectivity index (χ3v) is 3.08. The highest BCUT2D eigenvalue weighted by atomic mass is 16.5. The van der Waals surface area contributed by atoms with E-state index in [2.05, 4.69) is 13.8 Å². The third-order valence-electron chi connectivity index (χ3n) is 3.08. The van der Waals surface area contributed by atoms with Crippen molar-refractivity contribution >= 4 is 0 Å². The molecule has 0 bridgehead atoms. The van der Waals surface area contributed by atoms with Crippen molar-refractivity contribution in [1.29, 1.82) is 0 Å². The zero-order chi connectivity index (χ0) is 9.03. The Morgan fingerprint density at radius 1 is 1.25 bits per heavy atom. The number of nitrogens with zero attached hydrogens (tertiary/aromatic N) is 1. The summed E-state index contributed by atoms with van der Waals surface area (Å²) in [6, 6.07) is 0.387. The molecule has 0 aromatic heterocycles. The SMILES string of the molecule is CCCC(CC)[N+]1([O-])CCCC1. The van der Waals surface area contributed by atoms with Crippen molar-refractivity contribution in [1.82, 2.24) is 0 Å². The highest BCUT2D eigenvalue weighted by molar-refractivity contribution is 4.64. The molecule has 1 saturated heterocycles. The predicted octanol–water partition coefficient (Wildman–Crippen LogP) is 2.67. The van der Waals surface area contributed by atoms with Crippen molar-refractivity contribution in [3.63, 3.8) is 0 Å². The molecule has 1 aliphatic rings. The number of hydrogen-bond acceptors (Lipinski definition) is 1. The van der Waals surface area contributed by atoms with Crippen LogP contribution in [0.4, 0.5) is 0 Å². The average molecular weight is 171 g/mol. The number of quaternary nitrogens is 1. The molecule has 0 aliphatic carbocycles. The van der Waals surface area contributed by atoms with Crippen LogP contribution < -0.4 is 0 Å². The maximum absolute atomic E-state index is 12.2. The minimum absolute atomic E-state index is 0.115. The zero-order valence-electron chi connectivity index (χ0n) is 8.38. The molecular formula is C10H21NO. The van der Waals surface area contributed by atoms with Crippen molar-refractivity contribution in [2.45, 2.75) is 52.0 Å². The van der Waals surface area contributed by atoms with E-state index in [0.29, 0.717) is 6.04 Å². The lowest BCUT2D eigenvalue weighted by molar-refractivity contribution is -0.894. The molecule has 0 aromatic carbocycles. The summed E-state index contributed by atoms with van der Waals surface area (Å²) in [5, 5.41) is 12.2. The molecule has 72 valence electrons. The Bertz CT molecular complexity index is 130. The molecule has 0 aromatic rings. The molecule has 0 spiro atoms. The standard InChI is InChI=1S/C10H21NO/c1-3-7-10(4-2)11(12)8-5-6-9-11/h10H,3-9H2,1-2H3. The van der Waals surface area contributed by atoms with E-state index in [1.807, 2.05) is 0 Å². The van der Waals surface area contributed by atoms with Crippen molar-refractivity contribution in [3.05, 3.63) is 5.21 Å². The van der Waals surface area contributed by atoms with Gasteiger partial charge in [0.1, 0.15) is 0 Å². The Labute approximate surface area is 75.7 Å². The van der Waals surface area contributed by atoms with Gasteiger partial charge in [0.15, 0.2) is 0 Å². The van der Waals surface area contributed by atoms with E-state index in [1.54, 1.807) is 0 Å². The first-order valence-corrected chi connectivity index (χ1v) is 5.30. The first-order valence-electron chi connectivity index (χ1n) is 5.30. The van der Waals surface area contributed by atoms with Gasteiger partial charge < -0.3 is 9.85 Å². The second-order valence-corrected chi connectivity index (χ2v) is 3.96. The van der Waals surface area contributed by atoms with E-state index >= 15 is 0 Å². The van der Waals surface area contributed by atoms with E-state index in [-0.39, 0.29) is 4.65 Å². The lowest BCUT2D eigenvalue weighted by Gasteiger charge is -2.45. The molecule has 1 unspecified atom stereocenters. The molecule has 1 atom stereocenters. The van der Waals surface area contributed by atoms with E-state index in [1.165, 1.54) is 0 Å². The Morgan fingerprint density at radius 2 is 1.83 bits per heavy atom. The van der Waals surface area contributed by atoms with Crippen molar-refractivity contribution < 1.29 is 4.65 Å². The third kappa shape index (κ3) is 1.99. The summed E-state index contributed by atoms with van der Waals surface area (Å²) in [6.07, 6.45) is 5.60. The van der Waals surface area contributed by atoms with Gasteiger partial charge in [0.2, 0.25) is 0 Å². The molecule has 2 nitrogen and oxygen atoms in total. The fourth-order valence-corrected chi connectivity index (χ4v) is 2.34. The van der Waals surface area contributed by atoms with Crippen LogP contribution in [0.3, 0.4) is 0 Å². The molecule has 0 radical (unpaired) electrons. The van der Waals surface area contributed by atoms with Gasteiger partial charge in [-0.25, -0.2) is 0 Å². The van der Waals surface area contributed by atoms with Crippen LogP contribution in [-0.2, 0) is 0 Å². The van der Waals surface area contributed by atoms with Crippen LogP contribution in [0.25, 0.3) is 0 Å². The number of rotatable bonds is 4. The van der Waals surface area contributed by atoms with E-state index in [4.69, 9.17) is 0 Å². The summed E-state index contributed by atoms with van der Waals surface area (Å²) in [5.74, 6) is 0. The second kappa shape index (κ2) is 4.24. The van der Waals surface area contributed by atoms with Gasteiger partial charge in [-0.2, -0.15) is 0 Å². The van der Waals surface area contributed by atoms with Gasteiger partial charge in [-0.05, 0) is 12.8 Å². The molecule has 1 aliphatic heterocycles. The number of hydroxylamine groups is 3. The fraction of sp³-hybridized carbons (Fsp3) is 1.00. The zero-order valence-corrected chi connectivity index (χ0v) is 8.38. The molecule has 0 N–H and O–H groups in total.